The average molecular weight is 156 g/mol. The Hall–Kier alpha value is -0.900. The van der Waals surface area contributed by atoms with Gasteiger partial charge in [-0.2, -0.15) is 0 Å². The van der Waals surface area contributed by atoms with Crippen molar-refractivity contribution in [1.82, 2.24) is 4.98 Å². The minimum absolute atomic E-state index is 0.472. The molecule has 0 atom stereocenters. The lowest BCUT2D eigenvalue weighted by Crippen LogP contribution is -1.83. The molecule has 1 rings (SSSR count). The van der Waals surface area contributed by atoms with Crippen molar-refractivity contribution in [3.8, 4) is 0 Å². The Morgan fingerprint density at radius 3 is 3.20 bits per heavy atom. The van der Waals surface area contributed by atoms with Crippen LogP contribution >= 0.6 is 11.3 Å². The van der Waals surface area contributed by atoms with E-state index in [1.807, 2.05) is 7.05 Å². The summed E-state index contributed by atoms with van der Waals surface area (Å²) in [6.45, 7) is 0. The lowest BCUT2D eigenvalue weighted by molar-refractivity contribution is -0.107. The molecule has 0 bridgehead atoms. The minimum atomic E-state index is 0.472. The van der Waals surface area contributed by atoms with Crippen LogP contribution in [0.15, 0.2) is 6.20 Å². The van der Waals surface area contributed by atoms with Crippen molar-refractivity contribution in [2.45, 2.75) is 6.42 Å². The van der Waals surface area contributed by atoms with Gasteiger partial charge in [-0.3, -0.25) is 0 Å². The number of anilines is 1. The standard InChI is InChI=1S/C6H8N2OS/c1-7-6-8-4-5(10-6)2-3-9/h3-4H,2H2,1H3,(H,7,8). The number of hydrogen-bond donors (Lipinski definition) is 1. The van der Waals surface area contributed by atoms with E-state index in [0.717, 1.165) is 16.3 Å². The van der Waals surface area contributed by atoms with Crippen LogP contribution in [0.3, 0.4) is 0 Å². The maximum absolute atomic E-state index is 10.0. The number of rotatable bonds is 3. The molecular formula is C6H8N2OS. The topological polar surface area (TPSA) is 42.0 Å². The van der Waals surface area contributed by atoms with E-state index in [1.165, 1.54) is 11.3 Å². The van der Waals surface area contributed by atoms with Gasteiger partial charge < -0.3 is 10.1 Å². The molecular weight excluding hydrogens is 148 g/mol. The highest BCUT2D eigenvalue weighted by molar-refractivity contribution is 7.15. The zero-order chi connectivity index (χ0) is 7.40. The first kappa shape index (κ1) is 7.21. The van der Waals surface area contributed by atoms with Crippen LogP contribution in [0.4, 0.5) is 5.13 Å². The molecule has 0 radical (unpaired) electrons. The van der Waals surface area contributed by atoms with Gasteiger partial charge in [0, 0.05) is 24.5 Å². The van der Waals surface area contributed by atoms with E-state index in [2.05, 4.69) is 10.3 Å². The second-order valence-electron chi connectivity index (χ2n) is 1.75. The SMILES string of the molecule is CNc1ncc(CC=O)s1. The summed E-state index contributed by atoms with van der Waals surface area (Å²) in [5, 5.41) is 3.76. The third kappa shape index (κ3) is 1.54. The maximum Gasteiger partial charge on any atom is 0.182 e. The maximum atomic E-state index is 10.0. The fourth-order valence-corrected chi connectivity index (χ4v) is 1.31. The summed E-state index contributed by atoms with van der Waals surface area (Å²) in [7, 11) is 1.81. The molecule has 0 amide bonds. The van der Waals surface area contributed by atoms with Crippen molar-refractivity contribution < 1.29 is 4.79 Å². The quantitative estimate of drug-likeness (QED) is 0.662. The van der Waals surface area contributed by atoms with Gasteiger partial charge in [0.1, 0.15) is 6.29 Å². The Kier molecular flexibility index (Phi) is 2.39. The third-order valence-corrected chi connectivity index (χ3v) is 2.09. The number of carbonyl (C=O) groups is 1. The number of aldehydes is 1. The van der Waals surface area contributed by atoms with E-state index in [4.69, 9.17) is 0 Å². The van der Waals surface area contributed by atoms with Gasteiger partial charge in [-0.1, -0.05) is 0 Å². The third-order valence-electron chi connectivity index (χ3n) is 1.05. The van der Waals surface area contributed by atoms with Crippen LogP contribution in [0, 0.1) is 0 Å². The monoisotopic (exact) mass is 156 g/mol. The van der Waals surface area contributed by atoms with Crippen LogP contribution in [0.2, 0.25) is 0 Å². The lowest BCUT2D eigenvalue weighted by atomic mass is 10.4. The zero-order valence-corrected chi connectivity index (χ0v) is 6.44. The average Bonchev–Trinajstić information content (AvgIpc) is 2.37. The first-order chi connectivity index (χ1) is 4.86. The predicted octanol–water partition coefficient (Wildman–Crippen LogP) is 0.926. The highest BCUT2D eigenvalue weighted by atomic mass is 32.1. The number of nitrogens with zero attached hydrogens (tertiary/aromatic N) is 1. The Morgan fingerprint density at radius 2 is 2.70 bits per heavy atom. The molecule has 1 N–H and O–H groups in total. The number of aromatic nitrogens is 1. The van der Waals surface area contributed by atoms with E-state index in [-0.39, 0.29) is 0 Å². The first-order valence-corrected chi connectivity index (χ1v) is 3.74. The van der Waals surface area contributed by atoms with E-state index in [1.54, 1.807) is 6.20 Å². The summed E-state index contributed by atoms with van der Waals surface area (Å²) in [6, 6.07) is 0. The Labute approximate surface area is 63.1 Å². The second kappa shape index (κ2) is 3.31. The summed E-state index contributed by atoms with van der Waals surface area (Å²) in [6.07, 6.45) is 3.07. The van der Waals surface area contributed by atoms with E-state index < -0.39 is 0 Å². The van der Waals surface area contributed by atoms with Crippen molar-refractivity contribution in [3.63, 3.8) is 0 Å². The molecule has 4 heteroatoms. The van der Waals surface area contributed by atoms with Gasteiger partial charge in [0.05, 0.1) is 0 Å². The molecule has 1 heterocycles. The number of thiazole rings is 1. The molecule has 3 nitrogen and oxygen atoms in total. The van der Waals surface area contributed by atoms with Crippen molar-refractivity contribution in [2.75, 3.05) is 12.4 Å². The summed E-state index contributed by atoms with van der Waals surface area (Å²) < 4.78 is 0. The Bertz CT molecular complexity index is 221. The Morgan fingerprint density at radius 1 is 1.90 bits per heavy atom. The van der Waals surface area contributed by atoms with Gasteiger partial charge in [0.2, 0.25) is 0 Å². The van der Waals surface area contributed by atoms with E-state index >= 15 is 0 Å². The molecule has 0 saturated heterocycles. The predicted molar refractivity (Wildman–Crippen MR) is 41.4 cm³/mol. The lowest BCUT2D eigenvalue weighted by Gasteiger charge is -1.85. The van der Waals surface area contributed by atoms with Crippen LogP contribution in [0.5, 0.6) is 0 Å². The molecule has 0 aliphatic rings. The first-order valence-electron chi connectivity index (χ1n) is 2.93. The fraction of sp³-hybridized carbons (Fsp3) is 0.333. The summed E-state index contributed by atoms with van der Waals surface area (Å²) in [5.74, 6) is 0. The fourth-order valence-electron chi connectivity index (χ4n) is 0.600. The van der Waals surface area contributed by atoms with Crippen LogP contribution in [0.1, 0.15) is 4.88 Å². The largest absolute Gasteiger partial charge is 0.365 e. The van der Waals surface area contributed by atoms with Crippen LogP contribution in [-0.4, -0.2) is 18.3 Å². The van der Waals surface area contributed by atoms with E-state index in [0.29, 0.717) is 6.42 Å². The molecule has 0 fully saturated rings. The van der Waals surface area contributed by atoms with Gasteiger partial charge in [0.15, 0.2) is 5.13 Å². The van der Waals surface area contributed by atoms with Gasteiger partial charge in [0.25, 0.3) is 0 Å². The molecule has 0 spiro atoms. The molecule has 0 aliphatic heterocycles. The van der Waals surface area contributed by atoms with E-state index in [9.17, 15) is 4.79 Å². The summed E-state index contributed by atoms with van der Waals surface area (Å²) in [4.78, 5) is 15.0. The number of hydrogen-bond acceptors (Lipinski definition) is 4. The zero-order valence-electron chi connectivity index (χ0n) is 5.63. The molecule has 10 heavy (non-hydrogen) atoms. The molecule has 54 valence electrons. The van der Waals surface area contributed by atoms with Crippen LogP contribution < -0.4 is 5.32 Å². The van der Waals surface area contributed by atoms with Crippen molar-refractivity contribution in [3.05, 3.63) is 11.1 Å². The van der Waals surface area contributed by atoms with Gasteiger partial charge in [-0.05, 0) is 0 Å². The van der Waals surface area contributed by atoms with Crippen LogP contribution in [0.25, 0.3) is 0 Å². The van der Waals surface area contributed by atoms with Crippen molar-refractivity contribution >= 4 is 22.8 Å². The highest BCUT2D eigenvalue weighted by Gasteiger charge is 1.97. The number of carbonyl (C=O) groups excluding carboxylic acids is 1. The van der Waals surface area contributed by atoms with Crippen molar-refractivity contribution in [1.29, 1.82) is 0 Å². The molecule has 1 aromatic heterocycles. The molecule has 0 saturated carbocycles. The normalized spacial score (nSPS) is 9.30. The van der Waals surface area contributed by atoms with Crippen LogP contribution in [-0.2, 0) is 11.2 Å². The summed E-state index contributed by atoms with van der Waals surface area (Å²) in [5.41, 5.74) is 0. The molecule has 0 aliphatic carbocycles. The Balaban J connectivity index is 2.67. The summed E-state index contributed by atoms with van der Waals surface area (Å²) >= 11 is 1.50. The molecule has 1 aromatic rings. The molecule has 0 unspecified atom stereocenters. The smallest absolute Gasteiger partial charge is 0.182 e. The van der Waals surface area contributed by atoms with Gasteiger partial charge >= 0.3 is 0 Å². The molecule has 0 aromatic carbocycles. The minimum Gasteiger partial charge on any atom is -0.365 e. The van der Waals surface area contributed by atoms with Gasteiger partial charge in [-0.15, -0.1) is 11.3 Å². The van der Waals surface area contributed by atoms with Gasteiger partial charge in [-0.25, -0.2) is 4.98 Å². The highest BCUT2D eigenvalue weighted by Crippen LogP contribution is 2.16. The van der Waals surface area contributed by atoms with Crippen molar-refractivity contribution in [2.24, 2.45) is 0 Å². The second-order valence-corrected chi connectivity index (χ2v) is 2.87. The number of nitrogens with one attached hydrogen (secondary N) is 1.